The van der Waals surface area contributed by atoms with Crippen LogP contribution in [0.3, 0.4) is 0 Å². The average molecular weight is 275 g/mol. The van der Waals surface area contributed by atoms with Crippen LogP contribution >= 0.6 is 0 Å². The molecule has 1 aliphatic heterocycles. The van der Waals surface area contributed by atoms with E-state index in [2.05, 4.69) is 10.2 Å². The maximum atomic E-state index is 12.9. The van der Waals surface area contributed by atoms with Crippen LogP contribution < -0.4 is 0 Å². The number of likely N-dealkylation sites (tertiary alicyclic amines) is 1. The third kappa shape index (κ3) is 2.74. The summed E-state index contributed by atoms with van der Waals surface area (Å²) in [6.07, 6.45) is -2.83. The predicted octanol–water partition coefficient (Wildman–Crippen LogP) is 2.46. The topological polar surface area (TPSA) is 49.0 Å². The number of H-pyrrole nitrogens is 1. The van der Waals surface area contributed by atoms with E-state index in [1.54, 1.807) is 13.8 Å². The van der Waals surface area contributed by atoms with E-state index < -0.39 is 17.5 Å². The first-order valence-corrected chi connectivity index (χ1v) is 6.07. The highest BCUT2D eigenvalue weighted by Crippen LogP contribution is 2.45. The van der Waals surface area contributed by atoms with Gasteiger partial charge in [-0.15, -0.1) is 0 Å². The van der Waals surface area contributed by atoms with Crippen LogP contribution in [0.25, 0.3) is 0 Å². The lowest BCUT2D eigenvalue weighted by Gasteiger charge is -2.44. The van der Waals surface area contributed by atoms with Gasteiger partial charge in [-0.3, -0.25) is 9.89 Å². The molecular formula is C12H16F3N3O. The van der Waals surface area contributed by atoms with E-state index >= 15 is 0 Å². The molecule has 1 aromatic rings. The molecule has 7 heteroatoms. The number of piperidine rings is 1. The quantitative estimate of drug-likeness (QED) is 0.856. The van der Waals surface area contributed by atoms with Crippen molar-refractivity contribution < 1.29 is 18.0 Å². The Hall–Kier alpha value is -1.53. The maximum Gasteiger partial charge on any atom is 0.392 e. The number of halogens is 3. The molecule has 1 saturated heterocycles. The van der Waals surface area contributed by atoms with Gasteiger partial charge in [0.1, 0.15) is 5.69 Å². The van der Waals surface area contributed by atoms with Crippen LogP contribution in [0.4, 0.5) is 13.2 Å². The van der Waals surface area contributed by atoms with E-state index in [9.17, 15) is 18.0 Å². The summed E-state index contributed by atoms with van der Waals surface area (Å²) < 4.78 is 38.8. The van der Waals surface area contributed by atoms with E-state index in [0.29, 0.717) is 5.69 Å². The second-order valence-corrected chi connectivity index (χ2v) is 5.57. The number of aromatic amines is 1. The van der Waals surface area contributed by atoms with Crippen molar-refractivity contribution in [3.8, 4) is 0 Å². The number of hydrogen-bond acceptors (Lipinski definition) is 2. The summed E-state index contributed by atoms with van der Waals surface area (Å²) in [6, 6.07) is 1.52. The standard InChI is InChI=1S/C12H16F3N3O/c1-11(2)7-18(6-4-9(11)12(13,14)15)10(19)8-3-5-16-17-8/h3,5,9H,4,6-7H2,1-2H3,(H,16,17)/t9-/m1/s1. The molecule has 1 N–H and O–H groups in total. The molecule has 1 aliphatic rings. The molecule has 1 aromatic heterocycles. The fourth-order valence-electron chi connectivity index (χ4n) is 2.68. The Kier molecular flexibility index (Phi) is 3.32. The number of nitrogens with zero attached hydrogens (tertiary/aromatic N) is 2. The van der Waals surface area contributed by atoms with E-state index in [0.717, 1.165) is 0 Å². The van der Waals surface area contributed by atoms with Crippen LogP contribution in [0.5, 0.6) is 0 Å². The van der Waals surface area contributed by atoms with Crippen molar-refractivity contribution in [2.24, 2.45) is 11.3 Å². The molecule has 2 heterocycles. The highest BCUT2D eigenvalue weighted by Gasteiger charge is 2.51. The number of carbonyl (C=O) groups excluding carboxylic acids is 1. The highest BCUT2D eigenvalue weighted by atomic mass is 19.4. The Morgan fingerprint density at radius 2 is 2.21 bits per heavy atom. The van der Waals surface area contributed by atoms with E-state index in [1.807, 2.05) is 0 Å². The normalized spacial score (nSPS) is 23.4. The maximum absolute atomic E-state index is 12.9. The highest BCUT2D eigenvalue weighted by molar-refractivity contribution is 5.92. The van der Waals surface area contributed by atoms with Gasteiger partial charge in [-0.1, -0.05) is 13.8 Å². The first kappa shape index (κ1) is 13.9. The van der Waals surface area contributed by atoms with Crippen LogP contribution in [0, 0.1) is 11.3 Å². The zero-order chi connectivity index (χ0) is 14.3. The number of nitrogens with one attached hydrogen (secondary N) is 1. The van der Waals surface area contributed by atoms with Crippen molar-refractivity contribution in [1.29, 1.82) is 0 Å². The summed E-state index contributed by atoms with van der Waals surface area (Å²) in [4.78, 5) is 13.5. The Morgan fingerprint density at radius 3 is 2.68 bits per heavy atom. The van der Waals surface area contributed by atoms with Gasteiger partial charge in [-0.2, -0.15) is 18.3 Å². The zero-order valence-corrected chi connectivity index (χ0v) is 10.8. The fraction of sp³-hybridized carbons (Fsp3) is 0.667. The SMILES string of the molecule is CC1(C)CN(C(=O)c2ccn[nH]2)CC[C@H]1C(F)(F)F. The number of hydrogen-bond donors (Lipinski definition) is 1. The summed E-state index contributed by atoms with van der Waals surface area (Å²) in [5.41, 5.74) is -0.673. The van der Waals surface area contributed by atoms with Gasteiger partial charge in [-0.05, 0) is 17.9 Å². The molecule has 4 nitrogen and oxygen atoms in total. The zero-order valence-electron chi connectivity index (χ0n) is 10.8. The summed E-state index contributed by atoms with van der Waals surface area (Å²) in [5.74, 6) is -1.67. The van der Waals surface area contributed by atoms with Gasteiger partial charge in [0.25, 0.3) is 5.91 Å². The average Bonchev–Trinajstić information content (AvgIpc) is 2.77. The molecule has 0 saturated carbocycles. The van der Waals surface area contributed by atoms with E-state index in [4.69, 9.17) is 0 Å². The molecule has 1 amide bonds. The van der Waals surface area contributed by atoms with Gasteiger partial charge < -0.3 is 4.90 Å². The molecule has 0 bridgehead atoms. The number of rotatable bonds is 1. The Labute approximate surface area is 109 Å². The summed E-state index contributed by atoms with van der Waals surface area (Å²) in [7, 11) is 0. The molecule has 1 fully saturated rings. The Balaban J connectivity index is 2.12. The lowest BCUT2D eigenvalue weighted by molar-refractivity contribution is -0.214. The third-order valence-electron chi connectivity index (χ3n) is 3.64. The summed E-state index contributed by atoms with van der Waals surface area (Å²) in [5, 5.41) is 6.22. The number of alkyl halides is 3. The molecule has 0 unspecified atom stereocenters. The largest absolute Gasteiger partial charge is 0.392 e. The van der Waals surface area contributed by atoms with Gasteiger partial charge in [0.2, 0.25) is 0 Å². The van der Waals surface area contributed by atoms with E-state index in [1.165, 1.54) is 17.2 Å². The van der Waals surface area contributed by atoms with Gasteiger partial charge in [0.15, 0.2) is 0 Å². The lowest BCUT2D eigenvalue weighted by atomic mass is 9.73. The van der Waals surface area contributed by atoms with Crippen LogP contribution in [0.15, 0.2) is 12.3 Å². The monoisotopic (exact) mass is 275 g/mol. The summed E-state index contributed by atoms with van der Waals surface area (Å²) >= 11 is 0. The Morgan fingerprint density at radius 1 is 1.53 bits per heavy atom. The van der Waals surface area contributed by atoms with Crippen molar-refractivity contribution in [3.63, 3.8) is 0 Å². The third-order valence-corrected chi connectivity index (χ3v) is 3.64. The minimum Gasteiger partial charge on any atom is -0.337 e. The van der Waals surface area contributed by atoms with Gasteiger partial charge in [0, 0.05) is 19.3 Å². The molecule has 0 radical (unpaired) electrons. The number of amides is 1. The number of carbonyl (C=O) groups is 1. The second-order valence-electron chi connectivity index (χ2n) is 5.57. The summed E-state index contributed by atoms with van der Waals surface area (Å²) in [6.45, 7) is 3.32. The first-order chi connectivity index (χ1) is 8.72. The van der Waals surface area contributed by atoms with Gasteiger partial charge >= 0.3 is 6.18 Å². The Bertz CT molecular complexity index is 453. The second kappa shape index (κ2) is 4.54. The van der Waals surface area contributed by atoms with E-state index in [-0.39, 0.29) is 25.4 Å². The molecule has 19 heavy (non-hydrogen) atoms. The molecule has 106 valence electrons. The van der Waals surface area contributed by atoms with Crippen molar-refractivity contribution in [2.75, 3.05) is 13.1 Å². The molecule has 1 atom stereocenters. The minimum atomic E-state index is -4.22. The van der Waals surface area contributed by atoms with Crippen molar-refractivity contribution >= 4 is 5.91 Å². The smallest absolute Gasteiger partial charge is 0.337 e. The molecule has 0 aromatic carbocycles. The van der Waals surface area contributed by atoms with Gasteiger partial charge in [0.05, 0.1) is 5.92 Å². The van der Waals surface area contributed by atoms with Gasteiger partial charge in [-0.25, -0.2) is 0 Å². The van der Waals surface area contributed by atoms with Crippen molar-refractivity contribution in [1.82, 2.24) is 15.1 Å². The number of aromatic nitrogens is 2. The minimum absolute atomic E-state index is 0.0591. The van der Waals surface area contributed by atoms with Crippen LogP contribution in [-0.2, 0) is 0 Å². The van der Waals surface area contributed by atoms with Crippen molar-refractivity contribution in [3.05, 3.63) is 18.0 Å². The lowest BCUT2D eigenvalue weighted by Crippen LogP contribution is -2.52. The fourth-order valence-corrected chi connectivity index (χ4v) is 2.68. The molecule has 0 spiro atoms. The molecular weight excluding hydrogens is 259 g/mol. The first-order valence-electron chi connectivity index (χ1n) is 6.07. The van der Waals surface area contributed by atoms with Crippen molar-refractivity contribution in [2.45, 2.75) is 26.4 Å². The van der Waals surface area contributed by atoms with Crippen LogP contribution in [0.1, 0.15) is 30.8 Å². The predicted molar refractivity (Wildman–Crippen MR) is 62.4 cm³/mol. The molecule has 2 rings (SSSR count). The molecule has 0 aliphatic carbocycles. The van der Waals surface area contributed by atoms with Crippen LogP contribution in [-0.4, -0.2) is 40.3 Å². The van der Waals surface area contributed by atoms with Crippen LogP contribution in [0.2, 0.25) is 0 Å².